The van der Waals surface area contributed by atoms with Crippen LogP contribution in [0.15, 0.2) is 64.0 Å². The van der Waals surface area contributed by atoms with Gasteiger partial charge in [0.05, 0.1) is 30.7 Å². The third-order valence-electron chi connectivity index (χ3n) is 6.15. The van der Waals surface area contributed by atoms with Gasteiger partial charge in [0.2, 0.25) is 5.43 Å². The molecule has 0 aliphatic carbocycles. The van der Waals surface area contributed by atoms with Crippen LogP contribution in [0.1, 0.15) is 29.3 Å². The molecule has 0 bridgehead atoms. The number of carbonyl (C=O) groups is 1. The Hall–Kier alpha value is -4.46. The molecule has 0 fully saturated rings. The average molecular weight is 503 g/mol. The summed E-state index contributed by atoms with van der Waals surface area (Å²) in [7, 11) is 3.02. The van der Waals surface area contributed by atoms with Crippen molar-refractivity contribution in [3.63, 3.8) is 0 Å². The Balaban J connectivity index is 1.51. The van der Waals surface area contributed by atoms with Crippen LogP contribution in [0, 0.1) is 0 Å². The predicted octanol–water partition coefficient (Wildman–Crippen LogP) is 5.42. The highest BCUT2D eigenvalue weighted by molar-refractivity contribution is 5.93. The van der Waals surface area contributed by atoms with Crippen molar-refractivity contribution in [3.05, 3.63) is 76.1 Å². The summed E-state index contributed by atoms with van der Waals surface area (Å²) in [5.41, 5.74) is 2.24. The minimum atomic E-state index is -0.562. The SMILES string of the molecule is CCCc1cc2c(=O)c(-c3ccc4c(c3)OCCO4)coc2cc1OC(=O)c1ccc(OC)c(OC)c1. The Kier molecular flexibility index (Phi) is 6.72. The highest BCUT2D eigenvalue weighted by Gasteiger charge is 2.19. The van der Waals surface area contributed by atoms with Gasteiger partial charge in [0.1, 0.15) is 30.8 Å². The van der Waals surface area contributed by atoms with Gasteiger partial charge in [-0.05, 0) is 53.9 Å². The van der Waals surface area contributed by atoms with Gasteiger partial charge in [0, 0.05) is 6.07 Å². The maximum absolute atomic E-state index is 13.5. The summed E-state index contributed by atoms with van der Waals surface area (Å²) in [6, 6.07) is 13.5. The molecule has 0 saturated heterocycles. The first kappa shape index (κ1) is 24.2. The number of hydrogen-bond donors (Lipinski definition) is 0. The summed E-state index contributed by atoms with van der Waals surface area (Å²) in [5, 5.41) is 0.404. The molecule has 0 atom stereocenters. The summed E-state index contributed by atoms with van der Waals surface area (Å²) in [5.74, 6) is 1.94. The molecule has 1 aromatic heterocycles. The van der Waals surface area contributed by atoms with Crippen molar-refractivity contribution >= 4 is 16.9 Å². The van der Waals surface area contributed by atoms with Gasteiger partial charge < -0.3 is 28.1 Å². The van der Waals surface area contributed by atoms with Crippen LogP contribution >= 0.6 is 0 Å². The second-order valence-corrected chi connectivity index (χ2v) is 8.50. The third-order valence-corrected chi connectivity index (χ3v) is 6.15. The van der Waals surface area contributed by atoms with E-state index < -0.39 is 5.97 Å². The van der Waals surface area contributed by atoms with E-state index in [1.54, 1.807) is 48.5 Å². The van der Waals surface area contributed by atoms with E-state index in [1.165, 1.54) is 20.5 Å². The standard InChI is InChI=1S/C29H26O8/c1-4-5-18-12-20-25(15-24(18)37-29(31)19-7-8-22(32-2)26(14-19)33-3)36-16-21(28(20)30)17-6-9-23-27(13-17)35-11-10-34-23/h6-9,12-16H,4-5,10-11H2,1-3H3. The summed E-state index contributed by atoms with van der Waals surface area (Å²) in [4.78, 5) is 26.4. The normalized spacial score (nSPS) is 12.3. The van der Waals surface area contributed by atoms with Crippen molar-refractivity contribution in [1.29, 1.82) is 0 Å². The van der Waals surface area contributed by atoms with Crippen LogP contribution in [-0.2, 0) is 6.42 Å². The molecular weight excluding hydrogens is 476 g/mol. The van der Waals surface area contributed by atoms with Gasteiger partial charge in [0.15, 0.2) is 23.0 Å². The third kappa shape index (κ3) is 4.70. The molecule has 0 radical (unpaired) electrons. The lowest BCUT2D eigenvalue weighted by molar-refractivity contribution is 0.0732. The van der Waals surface area contributed by atoms with Crippen LogP contribution in [0.4, 0.5) is 0 Å². The van der Waals surface area contributed by atoms with E-state index in [1.807, 2.05) is 6.92 Å². The molecule has 8 heteroatoms. The van der Waals surface area contributed by atoms with Gasteiger partial charge in [0.25, 0.3) is 0 Å². The second kappa shape index (κ2) is 10.3. The molecule has 4 aromatic rings. The summed E-state index contributed by atoms with van der Waals surface area (Å²) < 4.78 is 33.4. The van der Waals surface area contributed by atoms with E-state index in [2.05, 4.69) is 0 Å². The van der Waals surface area contributed by atoms with E-state index >= 15 is 0 Å². The van der Waals surface area contributed by atoms with Crippen molar-refractivity contribution in [1.82, 2.24) is 0 Å². The van der Waals surface area contributed by atoms with E-state index in [9.17, 15) is 9.59 Å². The van der Waals surface area contributed by atoms with E-state index in [0.29, 0.717) is 76.0 Å². The number of carbonyl (C=O) groups excluding carboxylic acids is 1. The fraction of sp³-hybridized carbons (Fsp3) is 0.241. The van der Waals surface area contributed by atoms with E-state index in [4.69, 9.17) is 28.1 Å². The second-order valence-electron chi connectivity index (χ2n) is 8.50. The van der Waals surface area contributed by atoms with Crippen molar-refractivity contribution in [2.75, 3.05) is 27.4 Å². The maximum Gasteiger partial charge on any atom is 0.343 e. The smallest absolute Gasteiger partial charge is 0.343 e. The summed E-state index contributed by atoms with van der Waals surface area (Å²) in [6.07, 6.45) is 2.81. The molecule has 1 aliphatic heterocycles. The Morgan fingerprint density at radius 1 is 0.892 bits per heavy atom. The molecule has 5 rings (SSSR count). The zero-order valence-corrected chi connectivity index (χ0v) is 20.8. The van der Waals surface area contributed by atoms with Crippen LogP contribution in [0.2, 0.25) is 0 Å². The van der Waals surface area contributed by atoms with Gasteiger partial charge in [-0.2, -0.15) is 0 Å². The topological polar surface area (TPSA) is 93.4 Å². The van der Waals surface area contributed by atoms with Crippen molar-refractivity contribution < 1.29 is 32.9 Å². The number of hydrogen-bond acceptors (Lipinski definition) is 8. The zero-order chi connectivity index (χ0) is 25.9. The lowest BCUT2D eigenvalue weighted by Crippen LogP contribution is -2.15. The largest absolute Gasteiger partial charge is 0.493 e. The molecule has 0 unspecified atom stereocenters. The first-order chi connectivity index (χ1) is 18.0. The Bertz CT molecular complexity index is 1540. The molecular formula is C29H26O8. The maximum atomic E-state index is 13.5. The quantitative estimate of drug-likeness (QED) is 0.244. The number of aryl methyl sites for hydroxylation is 1. The molecule has 37 heavy (non-hydrogen) atoms. The van der Waals surface area contributed by atoms with E-state index in [-0.39, 0.29) is 5.43 Å². The van der Waals surface area contributed by atoms with Crippen LogP contribution in [-0.4, -0.2) is 33.4 Å². The Labute approximate surface area is 213 Å². The molecule has 2 heterocycles. The molecule has 3 aromatic carbocycles. The summed E-state index contributed by atoms with van der Waals surface area (Å²) in [6.45, 7) is 2.95. The highest BCUT2D eigenvalue weighted by Crippen LogP contribution is 2.35. The van der Waals surface area contributed by atoms with Crippen LogP contribution in [0.5, 0.6) is 28.7 Å². The lowest BCUT2D eigenvalue weighted by Gasteiger charge is -2.18. The van der Waals surface area contributed by atoms with Gasteiger partial charge in [-0.1, -0.05) is 19.4 Å². The number of methoxy groups -OCH3 is 2. The van der Waals surface area contributed by atoms with E-state index in [0.717, 1.165) is 12.0 Å². The molecule has 0 spiro atoms. The average Bonchev–Trinajstić information content (AvgIpc) is 2.93. The zero-order valence-electron chi connectivity index (χ0n) is 20.8. The minimum absolute atomic E-state index is 0.187. The first-order valence-electron chi connectivity index (χ1n) is 11.9. The molecule has 1 aliphatic rings. The van der Waals surface area contributed by atoms with Gasteiger partial charge >= 0.3 is 5.97 Å². The Morgan fingerprint density at radius 2 is 1.68 bits per heavy atom. The lowest BCUT2D eigenvalue weighted by atomic mass is 10.0. The molecule has 0 saturated carbocycles. The fourth-order valence-electron chi connectivity index (χ4n) is 4.29. The Morgan fingerprint density at radius 3 is 2.43 bits per heavy atom. The summed E-state index contributed by atoms with van der Waals surface area (Å²) >= 11 is 0. The van der Waals surface area contributed by atoms with Crippen LogP contribution in [0.25, 0.3) is 22.1 Å². The van der Waals surface area contributed by atoms with Crippen molar-refractivity contribution in [2.45, 2.75) is 19.8 Å². The van der Waals surface area contributed by atoms with Gasteiger partial charge in [-0.25, -0.2) is 4.79 Å². The highest BCUT2D eigenvalue weighted by atomic mass is 16.6. The van der Waals surface area contributed by atoms with Crippen LogP contribution < -0.4 is 29.1 Å². The molecule has 8 nitrogen and oxygen atoms in total. The fourth-order valence-corrected chi connectivity index (χ4v) is 4.29. The van der Waals surface area contributed by atoms with Gasteiger partial charge in [-0.15, -0.1) is 0 Å². The first-order valence-corrected chi connectivity index (χ1v) is 11.9. The van der Waals surface area contributed by atoms with Gasteiger partial charge in [-0.3, -0.25) is 4.79 Å². The number of benzene rings is 3. The van der Waals surface area contributed by atoms with Crippen molar-refractivity contribution in [3.8, 4) is 39.9 Å². The number of rotatable bonds is 7. The molecule has 190 valence electrons. The van der Waals surface area contributed by atoms with Crippen molar-refractivity contribution in [2.24, 2.45) is 0 Å². The number of esters is 1. The minimum Gasteiger partial charge on any atom is -0.493 e. The predicted molar refractivity (Wildman–Crippen MR) is 137 cm³/mol. The monoisotopic (exact) mass is 502 g/mol. The molecule has 0 amide bonds. The number of ether oxygens (including phenoxy) is 5. The molecule has 0 N–H and O–H groups in total. The van der Waals surface area contributed by atoms with Crippen LogP contribution in [0.3, 0.4) is 0 Å². The number of fused-ring (bicyclic) bond motifs is 2.